The first-order chi connectivity index (χ1) is 19.3. The predicted molar refractivity (Wildman–Crippen MR) is 173 cm³/mol. The molecular weight excluding hydrogens is 511 g/mol. The summed E-state index contributed by atoms with van der Waals surface area (Å²) in [6.07, 6.45) is 0. The highest BCUT2D eigenvalue weighted by atomic mass is 32.1. The molecule has 0 fully saturated rings. The van der Waals surface area contributed by atoms with Crippen molar-refractivity contribution >= 4 is 74.4 Å². The topological polar surface area (TPSA) is 12.0 Å². The van der Waals surface area contributed by atoms with Gasteiger partial charge in [0.15, 0.2) is 0 Å². The first-order valence-corrected chi connectivity index (χ1v) is 14.7. The average molecular weight is 534 g/mol. The molecule has 0 amide bonds. The number of rotatable bonds is 4. The third kappa shape index (κ3) is 3.82. The Morgan fingerprint density at radius 3 is 1.23 bits per heavy atom. The van der Waals surface area contributed by atoms with Gasteiger partial charge in [-0.3, -0.25) is 0 Å². The van der Waals surface area contributed by atoms with E-state index in [-0.39, 0.29) is 0 Å². The van der Waals surface area contributed by atoms with Crippen LogP contribution in [0.2, 0.25) is 0 Å². The van der Waals surface area contributed by atoms with Crippen molar-refractivity contribution in [3.63, 3.8) is 0 Å². The second-order valence-corrected chi connectivity index (χ2v) is 11.9. The second-order valence-electron chi connectivity index (χ2n) is 9.84. The Morgan fingerprint density at radius 1 is 0.359 bits per heavy atom. The summed E-state index contributed by atoms with van der Waals surface area (Å²) in [6, 6.07) is 48.2. The van der Waals surface area contributed by atoms with Gasteiger partial charge in [0.25, 0.3) is 0 Å². The summed E-state index contributed by atoms with van der Waals surface area (Å²) in [4.78, 5) is 0. The molecule has 0 unspecified atom stereocenters. The van der Waals surface area contributed by atoms with Crippen molar-refractivity contribution < 1.29 is 0 Å². The van der Waals surface area contributed by atoms with Crippen molar-refractivity contribution in [1.29, 1.82) is 0 Å². The summed E-state index contributed by atoms with van der Waals surface area (Å²) < 4.78 is 5.38. The van der Waals surface area contributed by atoms with Crippen LogP contribution in [0.4, 0.5) is 11.4 Å². The lowest BCUT2D eigenvalue weighted by Crippen LogP contribution is -1.90. The van der Waals surface area contributed by atoms with Crippen LogP contribution in [-0.2, 0) is 0 Å². The van der Waals surface area contributed by atoms with Crippen molar-refractivity contribution in [3.8, 4) is 22.3 Å². The van der Waals surface area contributed by atoms with Gasteiger partial charge in [0.05, 0.1) is 0 Å². The zero-order valence-electron chi connectivity index (χ0n) is 21.0. The largest absolute Gasteiger partial charge is 0.356 e. The quantitative estimate of drug-likeness (QED) is 0.237. The Bertz CT molecular complexity index is 1980. The standard InChI is InChI=1S/C36H23NS2/c1-3-13-33-29(7-1)31-11-5-9-27(35(31)38-33)23-15-19-25(20-16-23)37-26-21-17-24(18-22-26)28-10-6-12-32-30-8-2-4-14-34(30)39-36(28)32/h1-22,37H. The molecule has 8 rings (SSSR count). The van der Waals surface area contributed by atoms with E-state index in [1.54, 1.807) is 0 Å². The Balaban J connectivity index is 1.07. The Morgan fingerprint density at radius 2 is 0.769 bits per heavy atom. The van der Waals surface area contributed by atoms with E-state index in [4.69, 9.17) is 0 Å². The molecule has 2 aromatic heterocycles. The zero-order chi connectivity index (χ0) is 25.8. The Labute approximate surface area is 234 Å². The minimum atomic E-state index is 1.08. The minimum absolute atomic E-state index is 1.08. The van der Waals surface area contributed by atoms with Gasteiger partial charge in [0.2, 0.25) is 0 Å². The maximum atomic E-state index is 3.58. The average Bonchev–Trinajstić information content (AvgIpc) is 3.57. The second kappa shape index (κ2) is 9.09. The molecule has 8 aromatic rings. The van der Waals surface area contributed by atoms with Crippen LogP contribution in [0.1, 0.15) is 0 Å². The molecular formula is C36H23NS2. The van der Waals surface area contributed by atoms with Gasteiger partial charge in [-0.2, -0.15) is 0 Å². The van der Waals surface area contributed by atoms with Gasteiger partial charge in [-0.05, 0) is 58.7 Å². The molecule has 0 bridgehead atoms. The van der Waals surface area contributed by atoms with Crippen LogP contribution < -0.4 is 5.32 Å². The third-order valence-corrected chi connectivity index (χ3v) is 9.93. The minimum Gasteiger partial charge on any atom is -0.356 e. The monoisotopic (exact) mass is 533 g/mol. The van der Waals surface area contributed by atoms with Gasteiger partial charge in [0, 0.05) is 51.7 Å². The number of hydrogen-bond acceptors (Lipinski definition) is 3. The van der Waals surface area contributed by atoms with Crippen molar-refractivity contribution in [2.75, 3.05) is 5.32 Å². The zero-order valence-corrected chi connectivity index (χ0v) is 22.7. The van der Waals surface area contributed by atoms with E-state index in [9.17, 15) is 0 Å². The highest BCUT2D eigenvalue weighted by Gasteiger charge is 2.11. The van der Waals surface area contributed by atoms with Crippen molar-refractivity contribution in [3.05, 3.63) is 133 Å². The van der Waals surface area contributed by atoms with Crippen LogP contribution in [0, 0.1) is 0 Å². The fraction of sp³-hybridized carbons (Fsp3) is 0. The van der Waals surface area contributed by atoms with E-state index in [1.807, 2.05) is 22.7 Å². The molecule has 1 nitrogen and oxygen atoms in total. The molecule has 0 saturated heterocycles. The number of benzene rings is 6. The fourth-order valence-electron chi connectivity index (χ4n) is 5.58. The summed E-state index contributed by atoms with van der Waals surface area (Å²) >= 11 is 3.75. The molecule has 0 aliphatic carbocycles. The van der Waals surface area contributed by atoms with Gasteiger partial charge in [-0.1, -0.05) is 97.1 Å². The van der Waals surface area contributed by atoms with Crippen LogP contribution in [0.5, 0.6) is 0 Å². The number of anilines is 2. The number of fused-ring (bicyclic) bond motifs is 6. The van der Waals surface area contributed by atoms with E-state index in [2.05, 4.69) is 139 Å². The molecule has 0 radical (unpaired) electrons. The smallest absolute Gasteiger partial charge is 0.0433 e. The normalized spacial score (nSPS) is 11.6. The van der Waals surface area contributed by atoms with E-state index < -0.39 is 0 Å². The van der Waals surface area contributed by atoms with Crippen molar-refractivity contribution in [2.24, 2.45) is 0 Å². The van der Waals surface area contributed by atoms with Gasteiger partial charge in [-0.15, -0.1) is 22.7 Å². The molecule has 0 atom stereocenters. The van der Waals surface area contributed by atoms with Crippen molar-refractivity contribution in [2.45, 2.75) is 0 Å². The SMILES string of the molecule is c1ccc2c(c1)sc1c(-c3ccc(Nc4ccc(-c5cccc6c5sc5ccccc56)cc4)cc3)cccc12. The molecule has 2 heterocycles. The van der Waals surface area contributed by atoms with Crippen molar-refractivity contribution in [1.82, 2.24) is 0 Å². The van der Waals surface area contributed by atoms with Gasteiger partial charge in [0.1, 0.15) is 0 Å². The number of thiophene rings is 2. The fourth-order valence-corrected chi connectivity index (χ4v) is 8.06. The summed E-state index contributed by atoms with van der Waals surface area (Å²) in [5.41, 5.74) is 7.23. The third-order valence-electron chi connectivity index (χ3n) is 7.49. The number of hydrogen-bond donors (Lipinski definition) is 1. The summed E-state index contributed by atoms with van der Waals surface area (Å²) in [6.45, 7) is 0. The van der Waals surface area contributed by atoms with Gasteiger partial charge >= 0.3 is 0 Å². The summed E-state index contributed by atoms with van der Waals surface area (Å²) in [5, 5.41) is 8.93. The van der Waals surface area contributed by atoms with Crippen LogP contribution in [0.25, 0.3) is 62.6 Å². The van der Waals surface area contributed by atoms with Gasteiger partial charge < -0.3 is 5.32 Å². The highest BCUT2D eigenvalue weighted by molar-refractivity contribution is 7.26. The van der Waals surface area contributed by atoms with Crippen LogP contribution >= 0.6 is 22.7 Å². The summed E-state index contributed by atoms with van der Waals surface area (Å²) in [7, 11) is 0. The molecule has 39 heavy (non-hydrogen) atoms. The molecule has 0 aliphatic rings. The van der Waals surface area contributed by atoms with Crippen LogP contribution in [0.3, 0.4) is 0 Å². The van der Waals surface area contributed by atoms with E-state index >= 15 is 0 Å². The first kappa shape index (κ1) is 22.5. The Hall–Kier alpha value is -4.44. The van der Waals surface area contributed by atoms with Crippen LogP contribution in [-0.4, -0.2) is 0 Å². The lowest BCUT2D eigenvalue weighted by atomic mass is 10.0. The highest BCUT2D eigenvalue weighted by Crippen LogP contribution is 2.41. The lowest BCUT2D eigenvalue weighted by Gasteiger charge is -2.10. The molecule has 0 aliphatic heterocycles. The summed E-state index contributed by atoms with van der Waals surface area (Å²) in [5.74, 6) is 0. The van der Waals surface area contributed by atoms with E-state index in [0.29, 0.717) is 0 Å². The van der Waals surface area contributed by atoms with E-state index in [1.165, 1.54) is 62.6 Å². The molecule has 6 aromatic carbocycles. The first-order valence-electron chi connectivity index (χ1n) is 13.1. The molecule has 1 N–H and O–H groups in total. The molecule has 0 saturated carbocycles. The van der Waals surface area contributed by atoms with Crippen LogP contribution in [0.15, 0.2) is 133 Å². The predicted octanol–water partition coefficient (Wildman–Crippen LogP) is 11.5. The number of nitrogens with one attached hydrogen (secondary N) is 1. The van der Waals surface area contributed by atoms with E-state index in [0.717, 1.165) is 11.4 Å². The maximum absolute atomic E-state index is 3.58. The molecule has 3 heteroatoms. The molecule has 0 spiro atoms. The lowest BCUT2D eigenvalue weighted by molar-refractivity contribution is 1.54. The maximum Gasteiger partial charge on any atom is 0.0433 e. The molecule has 184 valence electrons. The Kier molecular flexibility index (Phi) is 5.25. The van der Waals surface area contributed by atoms with Gasteiger partial charge in [-0.25, -0.2) is 0 Å².